The van der Waals surface area contributed by atoms with Gasteiger partial charge in [0.05, 0.1) is 6.61 Å². The van der Waals surface area contributed by atoms with E-state index in [2.05, 4.69) is 13.8 Å². The minimum atomic E-state index is -5.08. The van der Waals surface area contributed by atoms with Crippen molar-refractivity contribution in [2.75, 3.05) is 13.2 Å². The number of phosphoric acid groups is 1. The monoisotopic (exact) mass is 614 g/mol. The van der Waals surface area contributed by atoms with Gasteiger partial charge in [-0.2, -0.15) is 0 Å². The molecule has 41 heavy (non-hydrogen) atoms. The number of aliphatic hydroxyl groups is 5. The van der Waals surface area contributed by atoms with Crippen LogP contribution in [-0.2, 0) is 32.7 Å². The number of hydrogen-bond acceptors (Lipinski definition) is 12. The molecule has 14 heteroatoms. The lowest BCUT2D eigenvalue weighted by molar-refractivity contribution is -0.220. The molecular formula is C27H51O13P. The van der Waals surface area contributed by atoms with Crippen molar-refractivity contribution in [2.45, 2.75) is 146 Å². The highest BCUT2D eigenvalue weighted by Gasteiger charge is 2.51. The van der Waals surface area contributed by atoms with Crippen molar-refractivity contribution in [1.82, 2.24) is 0 Å². The molecule has 6 N–H and O–H groups in total. The zero-order valence-electron chi connectivity index (χ0n) is 24.3. The van der Waals surface area contributed by atoms with Crippen LogP contribution < -0.4 is 0 Å². The van der Waals surface area contributed by atoms with Crippen LogP contribution in [0, 0.1) is 0 Å². The molecule has 1 aliphatic carbocycles. The first-order chi connectivity index (χ1) is 19.4. The fourth-order valence-electron chi connectivity index (χ4n) is 4.40. The van der Waals surface area contributed by atoms with E-state index in [4.69, 9.17) is 18.5 Å². The van der Waals surface area contributed by atoms with Crippen LogP contribution in [0.4, 0.5) is 0 Å². The van der Waals surface area contributed by atoms with Crippen LogP contribution in [0.5, 0.6) is 0 Å². The molecule has 1 saturated carbocycles. The molecule has 1 fully saturated rings. The Morgan fingerprint density at radius 3 is 1.61 bits per heavy atom. The minimum Gasteiger partial charge on any atom is -0.462 e. The number of hydrogen-bond donors (Lipinski definition) is 6. The van der Waals surface area contributed by atoms with Gasteiger partial charge in [-0.05, 0) is 12.8 Å². The van der Waals surface area contributed by atoms with E-state index in [0.29, 0.717) is 12.8 Å². The van der Waals surface area contributed by atoms with E-state index in [9.17, 15) is 44.6 Å². The highest BCUT2D eigenvalue weighted by Crippen LogP contribution is 2.47. The van der Waals surface area contributed by atoms with E-state index in [-0.39, 0.29) is 12.8 Å². The predicted molar refractivity (Wildman–Crippen MR) is 148 cm³/mol. The molecule has 8 atom stereocenters. The number of carbonyl (C=O) groups excluding carboxylic acids is 2. The zero-order valence-corrected chi connectivity index (χ0v) is 25.2. The van der Waals surface area contributed by atoms with Gasteiger partial charge in [-0.15, -0.1) is 0 Å². The maximum absolute atomic E-state index is 12.6. The Morgan fingerprint density at radius 2 is 1.10 bits per heavy atom. The Kier molecular flexibility index (Phi) is 19.1. The van der Waals surface area contributed by atoms with Gasteiger partial charge in [0.25, 0.3) is 0 Å². The van der Waals surface area contributed by atoms with E-state index in [1.54, 1.807) is 0 Å². The average Bonchev–Trinajstić information content (AvgIpc) is 2.94. The second kappa shape index (κ2) is 20.7. The molecule has 0 heterocycles. The lowest BCUT2D eigenvalue weighted by Gasteiger charge is -2.41. The molecule has 0 bridgehead atoms. The van der Waals surface area contributed by atoms with E-state index in [1.807, 2.05) is 0 Å². The molecule has 0 aromatic carbocycles. The standard InChI is InChI=1S/C27H51O13P/c1-3-5-7-9-11-13-15-20(28)37-17-19(39-21(29)16-14-12-10-8-6-4-2)18-38-41(35,36)40-27-25(33)23(31)22(30)24(32)26(27)34/h19,22-27,30-34H,3-18H2,1-2H3,(H,35,36)/t19-,22?,23-,24+,25-,26-,27?/m1/s1. The maximum Gasteiger partial charge on any atom is 0.472 e. The second-order valence-corrected chi connectivity index (χ2v) is 12.0. The van der Waals surface area contributed by atoms with Crippen LogP contribution in [0.3, 0.4) is 0 Å². The third-order valence-electron chi connectivity index (χ3n) is 6.95. The van der Waals surface area contributed by atoms with Gasteiger partial charge in [-0.1, -0.05) is 78.1 Å². The van der Waals surface area contributed by atoms with Gasteiger partial charge < -0.3 is 39.9 Å². The number of ether oxygens (including phenoxy) is 2. The Labute approximate surface area is 242 Å². The molecule has 0 radical (unpaired) electrons. The van der Waals surface area contributed by atoms with Crippen LogP contribution in [0.15, 0.2) is 0 Å². The van der Waals surface area contributed by atoms with Crippen molar-refractivity contribution < 1.29 is 63.1 Å². The second-order valence-electron chi connectivity index (χ2n) is 10.6. The number of rotatable bonds is 22. The van der Waals surface area contributed by atoms with Gasteiger partial charge >= 0.3 is 19.8 Å². The van der Waals surface area contributed by atoms with Gasteiger partial charge in [0.2, 0.25) is 0 Å². The topological polar surface area (TPSA) is 210 Å². The molecule has 1 aliphatic rings. The van der Waals surface area contributed by atoms with Gasteiger partial charge in [0.1, 0.15) is 43.2 Å². The summed E-state index contributed by atoms with van der Waals surface area (Å²) < 4.78 is 32.8. The largest absolute Gasteiger partial charge is 0.472 e. The summed E-state index contributed by atoms with van der Waals surface area (Å²) in [5.74, 6) is -1.12. The van der Waals surface area contributed by atoms with Gasteiger partial charge in [0, 0.05) is 12.8 Å². The normalized spacial score (nSPS) is 26.7. The van der Waals surface area contributed by atoms with Crippen molar-refractivity contribution in [1.29, 1.82) is 0 Å². The Bertz CT molecular complexity index is 766. The first-order valence-corrected chi connectivity index (χ1v) is 16.3. The first-order valence-electron chi connectivity index (χ1n) is 14.8. The number of phosphoric ester groups is 1. The maximum atomic E-state index is 12.6. The minimum absolute atomic E-state index is 0.0974. The van der Waals surface area contributed by atoms with Gasteiger partial charge in [-0.3, -0.25) is 18.6 Å². The third kappa shape index (κ3) is 15.2. The molecular weight excluding hydrogens is 563 g/mol. The molecule has 13 nitrogen and oxygen atoms in total. The Morgan fingerprint density at radius 1 is 0.659 bits per heavy atom. The summed E-state index contributed by atoms with van der Waals surface area (Å²) in [7, 11) is -5.08. The smallest absolute Gasteiger partial charge is 0.462 e. The number of esters is 2. The summed E-state index contributed by atoms with van der Waals surface area (Å²) in [6.45, 7) is 3.05. The number of carbonyl (C=O) groups is 2. The van der Waals surface area contributed by atoms with Gasteiger partial charge in [-0.25, -0.2) is 4.57 Å². The number of aliphatic hydroxyl groups excluding tert-OH is 5. The zero-order chi connectivity index (χ0) is 30.8. The Hall–Kier alpha value is -1.15. The fraction of sp³-hybridized carbons (Fsp3) is 0.926. The van der Waals surface area contributed by atoms with Crippen molar-refractivity contribution in [3.05, 3.63) is 0 Å². The van der Waals surface area contributed by atoms with E-state index < -0.39 is 75.7 Å². The van der Waals surface area contributed by atoms with Crippen molar-refractivity contribution >= 4 is 19.8 Å². The van der Waals surface area contributed by atoms with Crippen molar-refractivity contribution in [2.24, 2.45) is 0 Å². The average molecular weight is 615 g/mol. The van der Waals surface area contributed by atoms with E-state index in [1.165, 1.54) is 0 Å². The van der Waals surface area contributed by atoms with Crippen molar-refractivity contribution in [3.63, 3.8) is 0 Å². The molecule has 1 rings (SSSR count). The fourth-order valence-corrected chi connectivity index (χ4v) is 5.37. The van der Waals surface area contributed by atoms with E-state index in [0.717, 1.165) is 64.2 Å². The number of unbranched alkanes of at least 4 members (excludes halogenated alkanes) is 10. The van der Waals surface area contributed by atoms with Crippen LogP contribution in [-0.4, -0.2) is 98.3 Å². The van der Waals surface area contributed by atoms with Crippen LogP contribution in [0.2, 0.25) is 0 Å². The van der Waals surface area contributed by atoms with Crippen LogP contribution >= 0.6 is 7.82 Å². The highest BCUT2D eigenvalue weighted by molar-refractivity contribution is 7.47. The van der Waals surface area contributed by atoms with Gasteiger partial charge in [0.15, 0.2) is 6.10 Å². The SMILES string of the molecule is CCCCCCCCC(=O)OC[C@H](COP(=O)(O)OC1[C@H](O)[C@H](O)C(O)[C@H](O)[C@H]1O)OC(=O)CCCCCCCC. The molecule has 242 valence electrons. The molecule has 0 aliphatic heterocycles. The summed E-state index contributed by atoms with van der Waals surface area (Å²) in [6, 6.07) is 0. The molecule has 0 spiro atoms. The summed E-state index contributed by atoms with van der Waals surface area (Å²) in [6.07, 6.45) is -1.33. The molecule has 3 unspecified atom stereocenters. The summed E-state index contributed by atoms with van der Waals surface area (Å²) in [5.41, 5.74) is 0. The molecule has 0 amide bonds. The summed E-state index contributed by atoms with van der Waals surface area (Å²) in [4.78, 5) is 34.7. The molecule has 0 saturated heterocycles. The third-order valence-corrected chi connectivity index (χ3v) is 7.93. The molecule has 0 aromatic heterocycles. The van der Waals surface area contributed by atoms with Crippen LogP contribution in [0.1, 0.15) is 104 Å². The Balaban J connectivity index is 2.68. The van der Waals surface area contributed by atoms with E-state index >= 15 is 0 Å². The predicted octanol–water partition coefficient (Wildman–Crippen LogP) is 2.26. The highest BCUT2D eigenvalue weighted by atomic mass is 31.2. The van der Waals surface area contributed by atoms with Crippen LogP contribution in [0.25, 0.3) is 0 Å². The molecule has 0 aromatic rings. The lowest BCUT2D eigenvalue weighted by atomic mass is 9.85. The summed E-state index contributed by atoms with van der Waals surface area (Å²) >= 11 is 0. The van der Waals surface area contributed by atoms with Crippen molar-refractivity contribution in [3.8, 4) is 0 Å². The first kappa shape index (κ1) is 37.9. The summed E-state index contributed by atoms with van der Waals surface area (Å²) in [5, 5.41) is 49.4. The quantitative estimate of drug-likeness (QED) is 0.0588. The lowest BCUT2D eigenvalue weighted by Crippen LogP contribution is -2.64.